The summed E-state index contributed by atoms with van der Waals surface area (Å²) in [4.78, 5) is 36.2. The first-order chi connectivity index (χ1) is 10.7. The highest BCUT2D eigenvalue weighted by molar-refractivity contribution is 7.90. The van der Waals surface area contributed by atoms with Crippen molar-refractivity contribution < 1.29 is 32.3 Å². The van der Waals surface area contributed by atoms with Crippen LogP contribution in [0.25, 0.3) is 0 Å². The van der Waals surface area contributed by atoms with Crippen LogP contribution < -0.4 is 0 Å². The molecule has 0 aliphatic heterocycles. The lowest BCUT2D eigenvalue weighted by Crippen LogP contribution is -2.35. The molecule has 0 aliphatic rings. The number of rotatable bonds is 7. The van der Waals surface area contributed by atoms with Crippen LogP contribution in [0.5, 0.6) is 0 Å². The molecule has 0 aliphatic carbocycles. The van der Waals surface area contributed by atoms with Crippen LogP contribution in [0.4, 0.5) is 0 Å². The van der Waals surface area contributed by atoms with Crippen LogP contribution in [0.15, 0.2) is 29.2 Å². The quantitative estimate of drug-likeness (QED) is 0.414. The third kappa shape index (κ3) is 4.62. The highest BCUT2D eigenvalue weighted by atomic mass is 32.2. The Labute approximate surface area is 134 Å². The van der Waals surface area contributed by atoms with E-state index >= 15 is 0 Å². The van der Waals surface area contributed by atoms with Gasteiger partial charge in [0.2, 0.25) is 5.92 Å². The van der Waals surface area contributed by atoms with Crippen LogP contribution in [0.3, 0.4) is 0 Å². The lowest BCUT2D eigenvalue weighted by molar-refractivity contribution is -0.158. The number of ether oxygens (including phenoxy) is 2. The molecule has 0 heterocycles. The van der Waals surface area contributed by atoms with Gasteiger partial charge in [0.15, 0.2) is 15.6 Å². The van der Waals surface area contributed by atoms with Crippen molar-refractivity contribution >= 4 is 27.6 Å². The zero-order valence-electron chi connectivity index (χ0n) is 13.1. The molecule has 0 saturated carbocycles. The van der Waals surface area contributed by atoms with Gasteiger partial charge in [0.1, 0.15) is 0 Å². The van der Waals surface area contributed by atoms with Crippen molar-refractivity contribution in [1.82, 2.24) is 0 Å². The maximum Gasteiger partial charge on any atom is 0.328 e. The molecule has 1 aromatic rings. The van der Waals surface area contributed by atoms with E-state index in [4.69, 9.17) is 9.47 Å². The molecule has 7 nitrogen and oxygen atoms in total. The van der Waals surface area contributed by atoms with E-state index < -0.39 is 33.5 Å². The van der Waals surface area contributed by atoms with Crippen molar-refractivity contribution in [2.75, 3.05) is 19.5 Å². The summed E-state index contributed by atoms with van der Waals surface area (Å²) < 4.78 is 33.0. The minimum atomic E-state index is -3.71. The molecule has 0 unspecified atom stereocenters. The third-order valence-corrected chi connectivity index (χ3v) is 4.01. The fourth-order valence-electron chi connectivity index (χ4n) is 1.91. The minimum absolute atomic E-state index is 0.0320. The van der Waals surface area contributed by atoms with Gasteiger partial charge in [-0.05, 0) is 19.9 Å². The van der Waals surface area contributed by atoms with Gasteiger partial charge in [-0.1, -0.05) is 18.2 Å². The molecule has 0 radical (unpaired) electrons. The van der Waals surface area contributed by atoms with Crippen LogP contribution in [-0.2, 0) is 28.9 Å². The summed E-state index contributed by atoms with van der Waals surface area (Å²) in [5.74, 6) is -4.96. The molecule has 1 aromatic carbocycles. The molecule has 126 valence electrons. The molecule has 0 fully saturated rings. The summed E-state index contributed by atoms with van der Waals surface area (Å²) in [6.07, 6.45) is 0.933. The van der Waals surface area contributed by atoms with Crippen LogP contribution >= 0.6 is 0 Å². The van der Waals surface area contributed by atoms with E-state index in [1.165, 1.54) is 38.1 Å². The van der Waals surface area contributed by atoms with E-state index in [2.05, 4.69) is 0 Å². The molecular weight excluding hydrogens is 324 g/mol. The van der Waals surface area contributed by atoms with Gasteiger partial charge in [0, 0.05) is 11.8 Å². The van der Waals surface area contributed by atoms with Crippen molar-refractivity contribution in [2.45, 2.75) is 18.7 Å². The number of carbonyl (C=O) groups is 3. The lowest BCUT2D eigenvalue weighted by Gasteiger charge is -2.15. The zero-order valence-corrected chi connectivity index (χ0v) is 13.9. The number of Topliss-reactive ketones (excluding diaryl/α,β-unsaturated/α-hetero) is 1. The molecular formula is C15H18O7S. The first kappa shape index (κ1) is 18.8. The topological polar surface area (TPSA) is 104 Å². The Morgan fingerprint density at radius 1 is 1.00 bits per heavy atom. The Bertz CT molecular complexity index is 688. The monoisotopic (exact) mass is 342 g/mol. The maximum atomic E-state index is 12.6. The van der Waals surface area contributed by atoms with Gasteiger partial charge < -0.3 is 9.47 Å². The van der Waals surface area contributed by atoms with Crippen LogP contribution in [0.1, 0.15) is 24.2 Å². The minimum Gasteiger partial charge on any atom is -0.465 e. The summed E-state index contributed by atoms with van der Waals surface area (Å²) in [6.45, 7) is 2.98. The van der Waals surface area contributed by atoms with Crippen LogP contribution in [0, 0.1) is 5.92 Å². The van der Waals surface area contributed by atoms with Crippen LogP contribution in [0.2, 0.25) is 0 Å². The Hall–Kier alpha value is -2.22. The second-order valence-corrected chi connectivity index (χ2v) is 6.55. The summed E-state index contributed by atoms with van der Waals surface area (Å²) in [6, 6.07) is 5.35. The molecule has 0 atom stereocenters. The highest BCUT2D eigenvalue weighted by Crippen LogP contribution is 2.21. The van der Waals surface area contributed by atoms with Gasteiger partial charge >= 0.3 is 11.9 Å². The summed E-state index contributed by atoms with van der Waals surface area (Å²) in [5, 5.41) is 0. The molecule has 1 rings (SSSR count). The molecule has 0 spiro atoms. The van der Waals surface area contributed by atoms with Crippen molar-refractivity contribution in [1.29, 1.82) is 0 Å². The molecule has 0 bridgehead atoms. The van der Waals surface area contributed by atoms with Gasteiger partial charge in [0.25, 0.3) is 0 Å². The zero-order chi connectivity index (χ0) is 17.6. The van der Waals surface area contributed by atoms with E-state index in [0.29, 0.717) is 0 Å². The number of hydrogen-bond donors (Lipinski definition) is 0. The van der Waals surface area contributed by atoms with E-state index in [-0.39, 0.29) is 23.7 Å². The smallest absolute Gasteiger partial charge is 0.328 e. The van der Waals surface area contributed by atoms with E-state index in [1.54, 1.807) is 0 Å². The number of esters is 2. The fraction of sp³-hybridized carbons (Fsp3) is 0.400. The van der Waals surface area contributed by atoms with Crippen LogP contribution in [-0.4, -0.2) is 45.6 Å². The number of carbonyl (C=O) groups excluding carboxylic acids is 3. The normalized spacial score (nSPS) is 11.1. The maximum absolute atomic E-state index is 12.6. The first-order valence-electron chi connectivity index (χ1n) is 6.90. The van der Waals surface area contributed by atoms with Crippen molar-refractivity contribution in [2.24, 2.45) is 5.92 Å². The molecule has 0 N–H and O–H groups in total. The Morgan fingerprint density at radius 3 is 1.91 bits per heavy atom. The predicted octanol–water partition coefficient (Wildman–Crippen LogP) is 1.02. The van der Waals surface area contributed by atoms with Gasteiger partial charge in [-0.25, -0.2) is 8.42 Å². The number of sulfone groups is 1. The van der Waals surface area contributed by atoms with Crippen molar-refractivity contribution in [3.63, 3.8) is 0 Å². The fourth-order valence-corrected chi connectivity index (χ4v) is 2.80. The standard InChI is InChI=1S/C15H18O7S/c1-4-21-14(17)12(15(18)22-5-2)13(16)10-8-6-7-9-11(10)23(3,19)20/h6-9,12H,4-5H2,1-3H3. The molecule has 0 amide bonds. The van der Waals surface area contributed by atoms with Gasteiger partial charge in [-0.3, -0.25) is 14.4 Å². The van der Waals surface area contributed by atoms with Gasteiger partial charge in [0.05, 0.1) is 18.1 Å². The lowest BCUT2D eigenvalue weighted by atomic mass is 9.97. The summed E-state index contributed by atoms with van der Waals surface area (Å²) in [7, 11) is -3.71. The average Bonchev–Trinajstić information content (AvgIpc) is 2.47. The third-order valence-electron chi connectivity index (χ3n) is 2.86. The SMILES string of the molecule is CCOC(=O)C(C(=O)OCC)C(=O)c1ccccc1S(C)(=O)=O. The molecule has 0 saturated heterocycles. The summed E-state index contributed by atoms with van der Waals surface area (Å²) >= 11 is 0. The Kier molecular flexibility index (Phi) is 6.44. The van der Waals surface area contributed by atoms with E-state index in [9.17, 15) is 22.8 Å². The van der Waals surface area contributed by atoms with E-state index in [0.717, 1.165) is 6.26 Å². The van der Waals surface area contributed by atoms with Gasteiger partial charge in [-0.15, -0.1) is 0 Å². The van der Waals surface area contributed by atoms with Gasteiger partial charge in [-0.2, -0.15) is 0 Å². The van der Waals surface area contributed by atoms with Crippen molar-refractivity contribution in [3.8, 4) is 0 Å². The predicted molar refractivity (Wildman–Crippen MR) is 80.6 cm³/mol. The Morgan fingerprint density at radius 2 is 1.48 bits per heavy atom. The first-order valence-corrected chi connectivity index (χ1v) is 8.79. The summed E-state index contributed by atoms with van der Waals surface area (Å²) in [5.41, 5.74) is -0.249. The van der Waals surface area contributed by atoms with Crippen molar-refractivity contribution in [3.05, 3.63) is 29.8 Å². The molecule has 23 heavy (non-hydrogen) atoms. The number of ketones is 1. The van der Waals surface area contributed by atoms with E-state index in [1.807, 2.05) is 0 Å². The second kappa shape index (κ2) is 7.87. The molecule has 0 aromatic heterocycles. The number of benzene rings is 1. The average molecular weight is 342 g/mol. The Balaban J connectivity index is 3.36. The number of hydrogen-bond acceptors (Lipinski definition) is 7. The second-order valence-electron chi connectivity index (χ2n) is 4.57. The highest BCUT2D eigenvalue weighted by Gasteiger charge is 2.39. The molecule has 8 heteroatoms. The largest absolute Gasteiger partial charge is 0.465 e.